The van der Waals surface area contributed by atoms with Gasteiger partial charge < -0.3 is 5.32 Å². The lowest BCUT2D eigenvalue weighted by Crippen LogP contribution is -2.11. The molecule has 1 N–H and O–H groups in total. The predicted octanol–water partition coefficient (Wildman–Crippen LogP) is 2.49. The summed E-state index contributed by atoms with van der Waals surface area (Å²) in [4.78, 5) is 15.6. The molecule has 82 valence electrons. The highest BCUT2D eigenvalue weighted by Crippen LogP contribution is 2.16. The molecule has 0 saturated carbocycles. The Bertz CT molecular complexity index is 513. The second-order valence-electron chi connectivity index (χ2n) is 3.43. The van der Waals surface area contributed by atoms with Crippen LogP contribution < -0.4 is 5.32 Å². The largest absolute Gasteiger partial charge is 0.326 e. The first-order chi connectivity index (χ1) is 7.79. The van der Waals surface area contributed by atoms with Gasteiger partial charge in [0.2, 0.25) is 5.91 Å². The molecule has 1 aromatic heterocycles. The Labute approximate surface area is 99.3 Å². The van der Waals surface area contributed by atoms with Gasteiger partial charge >= 0.3 is 0 Å². The van der Waals surface area contributed by atoms with Crippen LogP contribution in [0.4, 0.5) is 5.69 Å². The quantitative estimate of drug-likeness (QED) is 0.798. The van der Waals surface area contributed by atoms with E-state index in [-0.39, 0.29) is 5.91 Å². The predicted molar refractivity (Wildman–Crippen MR) is 68.8 cm³/mol. The summed E-state index contributed by atoms with van der Waals surface area (Å²) in [6.07, 6.45) is 2.16. The van der Waals surface area contributed by atoms with Gasteiger partial charge in [0.1, 0.15) is 0 Å². The number of carbonyl (C=O) groups is 1. The highest BCUT2D eigenvalue weighted by Gasteiger charge is 2.01. The van der Waals surface area contributed by atoms with Gasteiger partial charge in [-0.15, -0.1) is 0 Å². The number of pyridine rings is 1. The third kappa shape index (κ3) is 2.52. The van der Waals surface area contributed by atoms with Crippen molar-refractivity contribution in [1.82, 2.24) is 4.98 Å². The van der Waals surface area contributed by atoms with Gasteiger partial charge in [-0.1, -0.05) is 12.1 Å². The lowest BCUT2D eigenvalue weighted by molar-refractivity contribution is -0.115. The summed E-state index contributed by atoms with van der Waals surface area (Å²) in [5, 5.41) is 3.87. The maximum atomic E-state index is 11.4. The topological polar surface area (TPSA) is 42.0 Å². The number of hydrogen-bond acceptors (Lipinski definition) is 3. The van der Waals surface area contributed by atoms with Crippen LogP contribution in [0, 0.1) is 0 Å². The SMILES string of the molecule is O=C(CCS)Nc1ccc2cccnc2c1. The van der Waals surface area contributed by atoms with Gasteiger partial charge in [-0.3, -0.25) is 9.78 Å². The van der Waals surface area contributed by atoms with Gasteiger partial charge in [-0.2, -0.15) is 12.6 Å². The second-order valence-corrected chi connectivity index (χ2v) is 3.88. The van der Waals surface area contributed by atoms with Crippen LogP contribution in [-0.2, 0) is 4.79 Å². The average molecular weight is 232 g/mol. The van der Waals surface area contributed by atoms with Crippen molar-refractivity contribution >= 4 is 35.1 Å². The van der Waals surface area contributed by atoms with Crippen LogP contribution in [0.15, 0.2) is 36.5 Å². The van der Waals surface area contributed by atoms with Crippen LogP contribution in [0.3, 0.4) is 0 Å². The first-order valence-corrected chi connectivity index (χ1v) is 5.68. The van der Waals surface area contributed by atoms with Gasteiger partial charge in [0.05, 0.1) is 5.52 Å². The number of rotatable bonds is 3. The van der Waals surface area contributed by atoms with Crippen molar-refractivity contribution in [2.45, 2.75) is 6.42 Å². The Kier molecular flexibility index (Phi) is 3.41. The molecule has 0 aliphatic rings. The van der Waals surface area contributed by atoms with Crippen LogP contribution >= 0.6 is 12.6 Å². The first-order valence-electron chi connectivity index (χ1n) is 5.05. The van der Waals surface area contributed by atoms with E-state index in [1.807, 2.05) is 30.3 Å². The molecule has 2 aromatic rings. The van der Waals surface area contributed by atoms with Crippen LogP contribution in [0.1, 0.15) is 6.42 Å². The summed E-state index contributed by atoms with van der Waals surface area (Å²) < 4.78 is 0. The number of nitrogens with zero attached hydrogens (tertiary/aromatic N) is 1. The second kappa shape index (κ2) is 4.99. The minimum absolute atomic E-state index is 0.0229. The fourth-order valence-electron chi connectivity index (χ4n) is 1.47. The summed E-state index contributed by atoms with van der Waals surface area (Å²) in [7, 11) is 0. The molecule has 0 bridgehead atoms. The van der Waals surface area contributed by atoms with E-state index in [1.165, 1.54) is 0 Å². The number of aromatic nitrogens is 1. The fraction of sp³-hybridized carbons (Fsp3) is 0.167. The monoisotopic (exact) mass is 232 g/mol. The molecule has 4 heteroatoms. The number of fused-ring (bicyclic) bond motifs is 1. The van der Waals surface area contributed by atoms with Crippen molar-refractivity contribution in [2.75, 3.05) is 11.1 Å². The van der Waals surface area contributed by atoms with Crippen LogP contribution in [0.25, 0.3) is 10.9 Å². The Morgan fingerprint density at radius 1 is 1.38 bits per heavy atom. The lowest BCUT2D eigenvalue weighted by Gasteiger charge is -2.04. The fourth-order valence-corrected chi connectivity index (χ4v) is 1.67. The lowest BCUT2D eigenvalue weighted by atomic mass is 10.2. The summed E-state index contributed by atoms with van der Waals surface area (Å²) in [6.45, 7) is 0. The molecule has 1 aromatic carbocycles. The molecule has 0 saturated heterocycles. The normalized spacial score (nSPS) is 10.3. The van der Waals surface area contributed by atoms with E-state index >= 15 is 0 Å². The van der Waals surface area contributed by atoms with E-state index in [4.69, 9.17) is 0 Å². The zero-order valence-electron chi connectivity index (χ0n) is 8.68. The summed E-state index contributed by atoms with van der Waals surface area (Å²) in [6, 6.07) is 9.56. The summed E-state index contributed by atoms with van der Waals surface area (Å²) >= 11 is 4.01. The van der Waals surface area contributed by atoms with E-state index in [2.05, 4.69) is 22.9 Å². The molecule has 0 unspecified atom stereocenters. The maximum absolute atomic E-state index is 11.4. The van der Waals surface area contributed by atoms with E-state index < -0.39 is 0 Å². The minimum atomic E-state index is -0.0229. The molecule has 0 spiro atoms. The first kappa shape index (κ1) is 11.0. The molecule has 1 amide bonds. The Morgan fingerprint density at radius 2 is 2.25 bits per heavy atom. The molecule has 0 fully saturated rings. The molecule has 0 atom stereocenters. The summed E-state index contributed by atoms with van der Waals surface area (Å²) in [5.41, 5.74) is 1.66. The smallest absolute Gasteiger partial charge is 0.225 e. The molecular weight excluding hydrogens is 220 g/mol. The zero-order valence-corrected chi connectivity index (χ0v) is 9.58. The van der Waals surface area contributed by atoms with Gasteiger partial charge in [-0.25, -0.2) is 0 Å². The van der Waals surface area contributed by atoms with Gasteiger partial charge in [-0.05, 0) is 24.0 Å². The van der Waals surface area contributed by atoms with Gasteiger partial charge in [0.25, 0.3) is 0 Å². The number of nitrogens with one attached hydrogen (secondary N) is 1. The molecular formula is C12H12N2OS. The van der Waals surface area contributed by atoms with Crippen LogP contribution in [0.5, 0.6) is 0 Å². The third-order valence-electron chi connectivity index (χ3n) is 2.23. The third-order valence-corrected chi connectivity index (χ3v) is 2.45. The molecule has 0 radical (unpaired) electrons. The van der Waals surface area contributed by atoms with Crippen molar-refractivity contribution in [1.29, 1.82) is 0 Å². The van der Waals surface area contributed by atoms with Crippen molar-refractivity contribution in [2.24, 2.45) is 0 Å². The standard InChI is InChI=1S/C12H12N2OS/c15-12(5-7-16)14-10-4-3-9-2-1-6-13-11(9)8-10/h1-4,6,8,16H,5,7H2,(H,14,15). The van der Waals surface area contributed by atoms with Gasteiger partial charge in [0.15, 0.2) is 0 Å². The maximum Gasteiger partial charge on any atom is 0.225 e. The highest BCUT2D eigenvalue weighted by atomic mass is 32.1. The van der Waals surface area contributed by atoms with Crippen molar-refractivity contribution in [3.8, 4) is 0 Å². The van der Waals surface area contributed by atoms with Crippen LogP contribution in [-0.4, -0.2) is 16.6 Å². The summed E-state index contributed by atoms with van der Waals surface area (Å²) in [5.74, 6) is 0.530. The van der Waals surface area contributed by atoms with E-state index in [0.717, 1.165) is 16.6 Å². The number of anilines is 1. The van der Waals surface area contributed by atoms with Crippen LogP contribution in [0.2, 0.25) is 0 Å². The molecule has 3 nitrogen and oxygen atoms in total. The molecule has 2 rings (SSSR count). The van der Waals surface area contributed by atoms with E-state index in [9.17, 15) is 4.79 Å². The van der Waals surface area contributed by atoms with Crippen molar-refractivity contribution < 1.29 is 4.79 Å². The highest BCUT2D eigenvalue weighted by molar-refractivity contribution is 7.80. The van der Waals surface area contributed by atoms with Crippen molar-refractivity contribution in [3.63, 3.8) is 0 Å². The number of thiol groups is 1. The number of amides is 1. The van der Waals surface area contributed by atoms with Crippen molar-refractivity contribution in [3.05, 3.63) is 36.5 Å². The number of benzene rings is 1. The molecule has 1 heterocycles. The Morgan fingerprint density at radius 3 is 3.06 bits per heavy atom. The molecule has 16 heavy (non-hydrogen) atoms. The average Bonchev–Trinajstić information content (AvgIpc) is 2.29. The minimum Gasteiger partial charge on any atom is -0.326 e. The number of hydrogen-bond donors (Lipinski definition) is 2. The van der Waals surface area contributed by atoms with E-state index in [1.54, 1.807) is 6.20 Å². The van der Waals surface area contributed by atoms with E-state index in [0.29, 0.717) is 12.2 Å². The number of carbonyl (C=O) groups excluding carboxylic acids is 1. The molecule has 0 aliphatic heterocycles. The Balaban J connectivity index is 2.22. The Hall–Kier alpha value is -1.55. The zero-order chi connectivity index (χ0) is 11.4. The molecule has 0 aliphatic carbocycles. The van der Waals surface area contributed by atoms with Gasteiger partial charge in [0, 0.05) is 23.7 Å².